The number of aromatic nitrogens is 2. The van der Waals surface area contributed by atoms with Crippen molar-refractivity contribution in [1.82, 2.24) is 9.13 Å². The summed E-state index contributed by atoms with van der Waals surface area (Å²) in [4.78, 5) is 0. The molecule has 8 aromatic carbocycles. The summed E-state index contributed by atoms with van der Waals surface area (Å²) in [5.41, 5.74) is 9.65. The molecule has 2 heterocycles. The fourth-order valence-electron chi connectivity index (χ4n) is 7.57. The van der Waals surface area contributed by atoms with Crippen LogP contribution >= 0.6 is 0 Å². The Labute approximate surface area is 266 Å². The second-order valence-electron chi connectivity index (χ2n) is 12.2. The maximum Gasteiger partial charge on any atom is 0.0547 e. The molecule has 0 unspecified atom stereocenters. The Morgan fingerprint density at radius 3 is 1.78 bits per heavy atom. The van der Waals surface area contributed by atoms with Crippen LogP contribution < -0.4 is 0 Å². The van der Waals surface area contributed by atoms with Gasteiger partial charge in [0.1, 0.15) is 0 Å². The molecule has 214 valence electrons. The molecular formula is C44H28N2. The normalized spacial score (nSPS) is 11.9. The summed E-state index contributed by atoms with van der Waals surface area (Å²) < 4.78 is 4.83. The van der Waals surface area contributed by atoms with Gasteiger partial charge < -0.3 is 9.13 Å². The van der Waals surface area contributed by atoms with E-state index in [4.69, 9.17) is 0 Å². The molecule has 2 nitrogen and oxygen atoms in total. The van der Waals surface area contributed by atoms with Crippen molar-refractivity contribution in [1.29, 1.82) is 0 Å². The number of nitrogens with zero attached hydrogens (tertiary/aromatic N) is 2. The Morgan fingerprint density at radius 2 is 0.891 bits per heavy atom. The Bertz CT molecular complexity index is 2800. The van der Waals surface area contributed by atoms with Gasteiger partial charge in [-0.3, -0.25) is 0 Å². The van der Waals surface area contributed by atoms with Gasteiger partial charge in [0.15, 0.2) is 0 Å². The van der Waals surface area contributed by atoms with E-state index in [9.17, 15) is 0 Å². The van der Waals surface area contributed by atoms with Crippen LogP contribution in [-0.2, 0) is 0 Å². The van der Waals surface area contributed by atoms with E-state index in [0.717, 1.165) is 0 Å². The molecule has 2 aromatic heterocycles. The zero-order chi connectivity index (χ0) is 30.2. The summed E-state index contributed by atoms with van der Waals surface area (Å²) >= 11 is 0. The summed E-state index contributed by atoms with van der Waals surface area (Å²) in [7, 11) is 0. The zero-order valence-electron chi connectivity index (χ0n) is 25.1. The summed E-state index contributed by atoms with van der Waals surface area (Å²) in [6, 6.07) is 62.1. The van der Waals surface area contributed by atoms with Crippen LogP contribution in [0.3, 0.4) is 0 Å². The first kappa shape index (κ1) is 25.2. The minimum absolute atomic E-state index is 1.17. The quantitative estimate of drug-likeness (QED) is 0.195. The maximum atomic E-state index is 2.43. The molecule has 0 aliphatic carbocycles. The second kappa shape index (κ2) is 9.69. The third kappa shape index (κ3) is 3.65. The number of hydrogen-bond acceptors (Lipinski definition) is 0. The molecule has 0 radical (unpaired) electrons. The van der Waals surface area contributed by atoms with Crippen LogP contribution in [0.15, 0.2) is 170 Å². The molecule has 0 aliphatic rings. The van der Waals surface area contributed by atoms with Gasteiger partial charge in [0.05, 0.1) is 22.1 Å². The van der Waals surface area contributed by atoms with Crippen LogP contribution in [0.2, 0.25) is 0 Å². The molecule has 0 saturated carbocycles. The van der Waals surface area contributed by atoms with Gasteiger partial charge in [-0.1, -0.05) is 115 Å². The van der Waals surface area contributed by atoms with Crippen LogP contribution in [0.25, 0.3) is 87.7 Å². The Morgan fingerprint density at radius 1 is 0.283 bits per heavy atom. The van der Waals surface area contributed by atoms with Gasteiger partial charge in [-0.05, 0) is 87.3 Å². The smallest absolute Gasteiger partial charge is 0.0547 e. The molecule has 0 amide bonds. The zero-order valence-corrected chi connectivity index (χ0v) is 25.1. The lowest BCUT2D eigenvalue weighted by molar-refractivity contribution is 1.18. The van der Waals surface area contributed by atoms with Crippen molar-refractivity contribution < 1.29 is 0 Å². The highest BCUT2D eigenvalue weighted by molar-refractivity contribution is 6.22. The molecule has 0 aliphatic heterocycles. The minimum Gasteiger partial charge on any atom is -0.309 e. The van der Waals surface area contributed by atoms with E-state index in [0.29, 0.717) is 0 Å². The molecule has 0 N–H and O–H groups in total. The van der Waals surface area contributed by atoms with Gasteiger partial charge in [0.25, 0.3) is 0 Å². The predicted octanol–water partition coefficient (Wildman–Crippen LogP) is 11.9. The SMILES string of the molecule is c1ccc(-n2c3ccccc3c3ccc(-c4ccc5c(c4)c4c6ccccc6ccc4n5-c4ccc5ccccc5c4)cc32)cc1. The molecule has 10 aromatic rings. The number of benzene rings is 8. The van der Waals surface area contributed by atoms with Crippen molar-refractivity contribution in [3.63, 3.8) is 0 Å². The van der Waals surface area contributed by atoms with Crippen LogP contribution in [0.4, 0.5) is 0 Å². The molecule has 0 saturated heterocycles. The van der Waals surface area contributed by atoms with Crippen molar-refractivity contribution in [2.45, 2.75) is 0 Å². The summed E-state index contributed by atoms with van der Waals surface area (Å²) in [6.45, 7) is 0. The summed E-state index contributed by atoms with van der Waals surface area (Å²) in [5, 5.41) is 10.1. The van der Waals surface area contributed by atoms with E-state index in [-0.39, 0.29) is 0 Å². The van der Waals surface area contributed by atoms with Crippen molar-refractivity contribution in [3.8, 4) is 22.5 Å². The van der Waals surface area contributed by atoms with Crippen LogP contribution in [0, 0.1) is 0 Å². The second-order valence-corrected chi connectivity index (χ2v) is 12.2. The van der Waals surface area contributed by atoms with E-state index in [1.54, 1.807) is 0 Å². The first-order valence-corrected chi connectivity index (χ1v) is 15.9. The highest BCUT2D eigenvalue weighted by atomic mass is 15.0. The first-order valence-electron chi connectivity index (χ1n) is 15.9. The van der Waals surface area contributed by atoms with E-state index in [1.807, 2.05) is 0 Å². The van der Waals surface area contributed by atoms with E-state index >= 15 is 0 Å². The van der Waals surface area contributed by atoms with Gasteiger partial charge in [-0.25, -0.2) is 0 Å². The van der Waals surface area contributed by atoms with Crippen LogP contribution in [-0.4, -0.2) is 9.13 Å². The minimum atomic E-state index is 1.17. The molecular weight excluding hydrogens is 556 g/mol. The average Bonchev–Trinajstić information content (AvgIpc) is 3.64. The van der Waals surface area contributed by atoms with Gasteiger partial charge >= 0.3 is 0 Å². The van der Waals surface area contributed by atoms with Crippen molar-refractivity contribution in [2.75, 3.05) is 0 Å². The van der Waals surface area contributed by atoms with Gasteiger partial charge in [0.2, 0.25) is 0 Å². The van der Waals surface area contributed by atoms with Crippen LogP contribution in [0.5, 0.6) is 0 Å². The molecule has 0 spiro atoms. The maximum absolute atomic E-state index is 2.43. The predicted molar refractivity (Wildman–Crippen MR) is 196 cm³/mol. The van der Waals surface area contributed by atoms with E-state index < -0.39 is 0 Å². The van der Waals surface area contributed by atoms with Gasteiger partial charge in [-0.2, -0.15) is 0 Å². The number of fused-ring (bicyclic) bond motifs is 9. The largest absolute Gasteiger partial charge is 0.309 e. The number of hydrogen-bond donors (Lipinski definition) is 0. The molecule has 0 atom stereocenters. The summed E-state index contributed by atoms with van der Waals surface area (Å²) in [5.74, 6) is 0. The highest BCUT2D eigenvalue weighted by Gasteiger charge is 2.17. The third-order valence-electron chi connectivity index (χ3n) is 9.67. The first-order chi connectivity index (χ1) is 22.8. The lowest BCUT2D eigenvalue weighted by Gasteiger charge is -2.10. The van der Waals surface area contributed by atoms with Gasteiger partial charge in [-0.15, -0.1) is 0 Å². The summed E-state index contributed by atoms with van der Waals surface area (Å²) in [6.07, 6.45) is 0. The molecule has 10 rings (SSSR count). The fraction of sp³-hybridized carbons (Fsp3) is 0. The lowest BCUT2D eigenvalue weighted by Crippen LogP contribution is -1.94. The van der Waals surface area contributed by atoms with Crippen molar-refractivity contribution in [2.24, 2.45) is 0 Å². The van der Waals surface area contributed by atoms with Crippen molar-refractivity contribution in [3.05, 3.63) is 170 Å². The molecule has 2 heteroatoms. The molecule has 0 bridgehead atoms. The monoisotopic (exact) mass is 584 g/mol. The Balaban J connectivity index is 1.25. The Hall–Kier alpha value is -6.12. The fourth-order valence-corrected chi connectivity index (χ4v) is 7.57. The molecule has 46 heavy (non-hydrogen) atoms. The number of rotatable bonds is 3. The van der Waals surface area contributed by atoms with Crippen LogP contribution in [0.1, 0.15) is 0 Å². The van der Waals surface area contributed by atoms with Gasteiger partial charge in [0, 0.05) is 32.9 Å². The Kier molecular flexibility index (Phi) is 5.31. The third-order valence-corrected chi connectivity index (χ3v) is 9.67. The highest BCUT2D eigenvalue weighted by Crippen LogP contribution is 2.40. The number of para-hydroxylation sites is 2. The van der Waals surface area contributed by atoms with E-state index in [2.05, 4.69) is 179 Å². The average molecular weight is 585 g/mol. The topological polar surface area (TPSA) is 9.86 Å². The lowest BCUT2D eigenvalue weighted by atomic mass is 9.99. The standard InChI is InChI=1S/C44H28N2/c1-2-13-34(14-3-1)45-40-17-9-8-16-37(40)38-23-19-33(28-43(38)45)32-21-24-41-39(27-32)44-36-15-7-6-11-30(36)20-25-42(44)46(41)35-22-18-29-10-4-5-12-31(29)26-35/h1-28H. The van der Waals surface area contributed by atoms with E-state index in [1.165, 1.54) is 87.7 Å². The van der Waals surface area contributed by atoms with Crippen molar-refractivity contribution >= 4 is 65.2 Å². The molecule has 0 fully saturated rings.